The minimum atomic E-state index is -0.571. The number of para-hydroxylation sites is 1. The highest BCUT2D eigenvalue weighted by Crippen LogP contribution is 2.23. The lowest BCUT2D eigenvalue weighted by molar-refractivity contribution is -0.383. The van der Waals surface area contributed by atoms with Gasteiger partial charge in [-0.05, 0) is 28.7 Å². The summed E-state index contributed by atoms with van der Waals surface area (Å²) in [4.78, 5) is 21.7. The molecule has 0 saturated carbocycles. The van der Waals surface area contributed by atoms with E-state index in [-0.39, 0.29) is 22.1 Å². The molecule has 0 unspecified atom stereocenters. The summed E-state index contributed by atoms with van der Waals surface area (Å²) in [5.74, 6) is 0. The molecule has 6 heteroatoms. The van der Waals surface area contributed by atoms with Crippen LogP contribution >= 0.6 is 22.6 Å². The van der Waals surface area contributed by atoms with Crippen LogP contribution in [0.5, 0.6) is 0 Å². The van der Waals surface area contributed by atoms with Crippen molar-refractivity contribution in [3.05, 3.63) is 48.4 Å². The monoisotopic (exact) mass is 317 g/mol. The third kappa shape index (κ3) is 1.60. The number of fused-ring (bicyclic) bond motifs is 1. The summed E-state index contributed by atoms with van der Waals surface area (Å²) in [5.41, 5.74) is -0.422. The lowest BCUT2D eigenvalue weighted by Gasteiger charge is -1.97. The summed E-state index contributed by atoms with van der Waals surface area (Å²) < 4.78 is 5.47. The molecule has 0 saturated heterocycles. The van der Waals surface area contributed by atoms with Gasteiger partial charge in [-0.1, -0.05) is 6.07 Å². The first kappa shape index (κ1) is 10.1. The van der Waals surface area contributed by atoms with Crippen molar-refractivity contribution in [2.75, 3.05) is 0 Å². The summed E-state index contributed by atoms with van der Waals surface area (Å²) in [6.45, 7) is 0. The average molecular weight is 317 g/mol. The van der Waals surface area contributed by atoms with E-state index < -0.39 is 4.92 Å². The van der Waals surface area contributed by atoms with E-state index in [4.69, 9.17) is 4.42 Å². The Labute approximate surface area is 97.0 Å². The van der Waals surface area contributed by atoms with E-state index >= 15 is 0 Å². The number of nitro groups is 1. The van der Waals surface area contributed by atoms with Crippen molar-refractivity contribution < 1.29 is 9.34 Å². The van der Waals surface area contributed by atoms with E-state index in [0.717, 1.165) is 0 Å². The highest BCUT2D eigenvalue weighted by Gasteiger charge is 2.16. The Morgan fingerprint density at radius 1 is 1.40 bits per heavy atom. The van der Waals surface area contributed by atoms with Gasteiger partial charge in [0.1, 0.15) is 6.26 Å². The molecular formula is C9H4INO4. The molecule has 0 atom stereocenters. The lowest BCUT2D eigenvalue weighted by atomic mass is 10.2. The van der Waals surface area contributed by atoms with Gasteiger partial charge in [0.15, 0.2) is 0 Å². The van der Waals surface area contributed by atoms with Crippen LogP contribution in [0.4, 0.5) is 5.69 Å². The fourth-order valence-electron chi connectivity index (χ4n) is 1.26. The average Bonchev–Trinajstić information content (AvgIpc) is 2.23. The van der Waals surface area contributed by atoms with Crippen LogP contribution in [0, 0.1) is 13.7 Å². The van der Waals surface area contributed by atoms with Gasteiger partial charge >= 0.3 is 5.69 Å². The van der Waals surface area contributed by atoms with Crippen LogP contribution in [0.3, 0.4) is 0 Å². The maximum Gasteiger partial charge on any atom is 0.312 e. The fraction of sp³-hybridized carbons (Fsp3) is 0. The first-order chi connectivity index (χ1) is 7.11. The Hall–Kier alpha value is -1.44. The second-order valence-electron chi connectivity index (χ2n) is 2.82. The smallest absolute Gasteiger partial charge is 0.312 e. The van der Waals surface area contributed by atoms with E-state index in [9.17, 15) is 14.9 Å². The number of rotatable bonds is 1. The summed E-state index contributed by atoms with van der Waals surface area (Å²) in [6.07, 6.45) is 1.22. The molecule has 1 aromatic heterocycles. The lowest BCUT2D eigenvalue weighted by Crippen LogP contribution is -2.05. The number of benzene rings is 1. The number of non-ortho nitro benzene ring substituents is 1. The van der Waals surface area contributed by atoms with Gasteiger partial charge in [-0.3, -0.25) is 14.9 Å². The van der Waals surface area contributed by atoms with Crippen LogP contribution in [0.2, 0.25) is 0 Å². The van der Waals surface area contributed by atoms with E-state index in [1.165, 1.54) is 24.5 Å². The van der Waals surface area contributed by atoms with Gasteiger partial charge in [0.25, 0.3) is 0 Å². The quantitative estimate of drug-likeness (QED) is 0.459. The summed E-state index contributed by atoms with van der Waals surface area (Å²) in [6, 6.07) is 4.28. The van der Waals surface area contributed by atoms with Gasteiger partial charge in [0, 0.05) is 6.07 Å². The normalized spacial score (nSPS) is 10.5. The Morgan fingerprint density at radius 2 is 2.13 bits per heavy atom. The molecule has 0 aliphatic rings. The first-order valence-electron chi connectivity index (χ1n) is 3.95. The Bertz CT molecular complexity index is 605. The third-order valence-corrected chi connectivity index (χ3v) is 2.68. The van der Waals surface area contributed by atoms with E-state index in [1.807, 2.05) is 22.6 Å². The topological polar surface area (TPSA) is 73.3 Å². The van der Waals surface area contributed by atoms with Crippen molar-refractivity contribution in [2.24, 2.45) is 0 Å². The Morgan fingerprint density at radius 3 is 2.80 bits per heavy atom. The summed E-state index contributed by atoms with van der Waals surface area (Å²) in [7, 11) is 0. The highest BCUT2D eigenvalue weighted by atomic mass is 127. The van der Waals surface area contributed by atoms with Crippen LogP contribution in [-0.4, -0.2) is 4.92 Å². The first-order valence-corrected chi connectivity index (χ1v) is 5.03. The van der Waals surface area contributed by atoms with Crippen molar-refractivity contribution in [1.82, 2.24) is 0 Å². The third-order valence-electron chi connectivity index (χ3n) is 1.93. The second-order valence-corrected chi connectivity index (χ2v) is 3.99. The van der Waals surface area contributed by atoms with Crippen molar-refractivity contribution in [3.63, 3.8) is 0 Å². The van der Waals surface area contributed by atoms with Gasteiger partial charge in [-0.2, -0.15) is 0 Å². The van der Waals surface area contributed by atoms with Gasteiger partial charge in [0.2, 0.25) is 11.0 Å². The molecule has 0 fully saturated rings. The van der Waals surface area contributed by atoms with Gasteiger partial charge < -0.3 is 4.42 Å². The molecule has 0 amide bonds. The van der Waals surface area contributed by atoms with Gasteiger partial charge in [-0.15, -0.1) is 0 Å². The molecular weight excluding hydrogens is 313 g/mol. The SMILES string of the molecule is O=c1c(I)coc2c([N+](=O)[O-])cccc12. The van der Waals surface area contributed by atoms with Crippen molar-refractivity contribution in [3.8, 4) is 0 Å². The minimum absolute atomic E-state index is 0.0212. The number of halogens is 1. The summed E-state index contributed by atoms with van der Waals surface area (Å²) in [5, 5.41) is 10.9. The number of nitro benzene ring substituents is 1. The van der Waals surface area contributed by atoms with Crippen molar-refractivity contribution in [1.29, 1.82) is 0 Å². The second kappa shape index (κ2) is 3.61. The Balaban J connectivity index is 2.96. The maximum atomic E-state index is 11.6. The van der Waals surface area contributed by atoms with Gasteiger partial charge in [-0.25, -0.2) is 0 Å². The van der Waals surface area contributed by atoms with Gasteiger partial charge in [0.05, 0.1) is 13.9 Å². The molecule has 0 radical (unpaired) electrons. The zero-order valence-electron chi connectivity index (χ0n) is 7.27. The summed E-state index contributed by atoms with van der Waals surface area (Å²) >= 11 is 1.83. The molecule has 1 aromatic carbocycles. The maximum absolute atomic E-state index is 11.6. The highest BCUT2D eigenvalue weighted by molar-refractivity contribution is 14.1. The van der Waals surface area contributed by atoms with Crippen LogP contribution < -0.4 is 5.43 Å². The predicted octanol–water partition coefficient (Wildman–Crippen LogP) is 2.31. The predicted molar refractivity (Wildman–Crippen MR) is 61.9 cm³/mol. The van der Waals surface area contributed by atoms with Crippen molar-refractivity contribution >= 4 is 39.2 Å². The molecule has 2 aromatic rings. The number of hydrogen-bond donors (Lipinski definition) is 0. The van der Waals surface area contributed by atoms with Crippen LogP contribution in [0.15, 0.2) is 33.7 Å². The minimum Gasteiger partial charge on any atom is -0.456 e. The standard InChI is InChI=1S/C9H4INO4/c10-6-4-15-9-5(8(6)12)2-1-3-7(9)11(13)14/h1-4H. The Kier molecular flexibility index (Phi) is 2.43. The molecule has 1 heterocycles. The molecule has 76 valence electrons. The number of nitrogens with zero attached hydrogens (tertiary/aromatic N) is 1. The molecule has 0 N–H and O–H groups in total. The van der Waals surface area contributed by atoms with Crippen LogP contribution in [-0.2, 0) is 0 Å². The molecule has 15 heavy (non-hydrogen) atoms. The zero-order valence-corrected chi connectivity index (χ0v) is 9.43. The van der Waals surface area contributed by atoms with Crippen molar-refractivity contribution in [2.45, 2.75) is 0 Å². The molecule has 0 aliphatic carbocycles. The van der Waals surface area contributed by atoms with E-state index in [0.29, 0.717) is 3.57 Å². The molecule has 0 bridgehead atoms. The van der Waals surface area contributed by atoms with Crippen LogP contribution in [0.1, 0.15) is 0 Å². The molecule has 0 spiro atoms. The van der Waals surface area contributed by atoms with Crippen LogP contribution in [0.25, 0.3) is 11.0 Å². The number of hydrogen-bond acceptors (Lipinski definition) is 4. The van der Waals surface area contributed by atoms with E-state index in [1.54, 1.807) is 0 Å². The molecule has 2 rings (SSSR count). The largest absolute Gasteiger partial charge is 0.456 e. The zero-order chi connectivity index (χ0) is 11.0. The molecule has 0 aliphatic heterocycles. The van der Waals surface area contributed by atoms with E-state index in [2.05, 4.69) is 0 Å². The molecule has 5 nitrogen and oxygen atoms in total. The fourth-order valence-corrected chi connectivity index (χ4v) is 1.68.